The van der Waals surface area contributed by atoms with Crippen LogP contribution in [0.25, 0.3) is 0 Å². The van der Waals surface area contributed by atoms with Crippen molar-refractivity contribution in [3.63, 3.8) is 0 Å². The predicted molar refractivity (Wildman–Crippen MR) is 85.1 cm³/mol. The molecule has 1 aliphatic rings. The molecule has 118 valence electrons. The minimum absolute atomic E-state index is 0.160. The zero-order valence-electron chi connectivity index (χ0n) is 13.2. The first kappa shape index (κ1) is 16.2. The Morgan fingerprint density at radius 2 is 2.14 bits per heavy atom. The van der Waals surface area contributed by atoms with Crippen molar-refractivity contribution < 1.29 is 9.50 Å². The third-order valence-corrected chi connectivity index (χ3v) is 4.19. The van der Waals surface area contributed by atoms with Gasteiger partial charge in [0.2, 0.25) is 0 Å². The lowest BCUT2D eigenvalue weighted by atomic mass is 9.98. The lowest BCUT2D eigenvalue weighted by Gasteiger charge is -2.27. The standard InChI is InChI=1S/C17H27FN2O/c1-3-10-19-13-14-6-4-7-15(18)16(14)20-11-5-8-17(2,21)9-12-20/h4,6-7,19,21H,3,5,8-13H2,1-2H3. The lowest BCUT2D eigenvalue weighted by molar-refractivity contribution is 0.0481. The maximum Gasteiger partial charge on any atom is 0.146 e. The van der Waals surface area contributed by atoms with Crippen LogP contribution in [0.3, 0.4) is 0 Å². The van der Waals surface area contributed by atoms with E-state index in [-0.39, 0.29) is 5.82 Å². The van der Waals surface area contributed by atoms with E-state index in [9.17, 15) is 9.50 Å². The monoisotopic (exact) mass is 294 g/mol. The van der Waals surface area contributed by atoms with Crippen LogP contribution in [-0.4, -0.2) is 30.3 Å². The lowest BCUT2D eigenvalue weighted by Crippen LogP contribution is -2.30. The number of hydrogen-bond acceptors (Lipinski definition) is 3. The van der Waals surface area contributed by atoms with Gasteiger partial charge in [-0.05, 0) is 50.8 Å². The van der Waals surface area contributed by atoms with Crippen molar-refractivity contribution in [1.82, 2.24) is 5.32 Å². The third-order valence-electron chi connectivity index (χ3n) is 4.19. The van der Waals surface area contributed by atoms with Gasteiger partial charge in [-0.1, -0.05) is 19.1 Å². The van der Waals surface area contributed by atoms with Crippen LogP contribution in [0, 0.1) is 5.82 Å². The molecular weight excluding hydrogens is 267 g/mol. The molecule has 1 heterocycles. The summed E-state index contributed by atoms with van der Waals surface area (Å²) in [5, 5.41) is 13.5. The second kappa shape index (κ2) is 7.23. The van der Waals surface area contributed by atoms with Gasteiger partial charge in [0.1, 0.15) is 5.82 Å². The van der Waals surface area contributed by atoms with Crippen LogP contribution in [0.1, 0.15) is 45.1 Å². The van der Waals surface area contributed by atoms with Crippen molar-refractivity contribution in [2.24, 2.45) is 0 Å². The highest BCUT2D eigenvalue weighted by atomic mass is 19.1. The van der Waals surface area contributed by atoms with Crippen LogP contribution in [0.2, 0.25) is 0 Å². The average Bonchev–Trinajstić information content (AvgIpc) is 2.60. The molecule has 1 atom stereocenters. The van der Waals surface area contributed by atoms with Crippen LogP contribution < -0.4 is 10.2 Å². The van der Waals surface area contributed by atoms with Crippen molar-refractivity contribution in [3.8, 4) is 0 Å². The minimum Gasteiger partial charge on any atom is -0.390 e. The first-order valence-corrected chi connectivity index (χ1v) is 7.99. The Kier molecular flexibility index (Phi) is 5.59. The number of para-hydroxylation sites is 1. The van der Waals surface area contributed by atoms with Gasteiger partial charge in [-0.3, -0.25) is 0 Å². The van der Waals surface area contributed by atoms with Gasteiger partial charge in [-0.25, -0.2) is 4.39 Å². The summed E-state index contributed by atoms with van der Waals surface area (Å²) in [4.78, 5) is 2.10. The zero-order valence-corrected chi connectivity index (χ0v) is 13.2. The largest absolute Gasteiger partial charge is 0.390 e. The van der Waals surface area contributed by atoms with Gasteiger partial charge in [0.25, 0.3) is 0 Å². The van der Waals surface area contributed by atoms with E-state index in [1.807, 2.05) is 13.0 Å². The second-order valence-corrected chi connectivity index (χ2v) is 6.26. The molecule has 1 fully saturated rings. The molecular formula is C17H27FN2O. The number of aliphatic hydroxyl groups is 1. The van der Waals surface area contributed by atoms with Gasteiger partial charge in [0.05, 0.1) is 11.3 Å². The highest BCUT2D eigenvalue weighted by Gasteiger charge is 2.26. The molecule has 0 spiro atoms. The maximum absolute atomic E-state index is 14.3. The summed E-state index contributed by atoms with van der Waals surface area (Å²) in [5.41, 5.74) is 1.09. The Bertz CT molecular complexity index is 462. The van der Waals surface area contributed by atoms with Gasteiger partial charge >= 0.3 is 0 Å². The number of halogens is 1. The Morgan fingerprint density at radius 1 is 1.33 bits per heavy atom. The van der Waals surface area contributed by atoms with Gasteiger partial charge < -0.3 is 15.3 Å². The Hall–Kier alpha value is -1.13. The Morgan fingerprint density at radius 3 is 2.90 bits per heavy atom. The van der Waals surface area contributed by atoms with Crippen LogP contribution >= 0.6 is 0 Å². The number of anilines is 1. The SMILES string of the molecule is CCCNCc1cccc(F)c1N1CCCC(C)(O)CC1. The van der Waals surface area contributed by atoms with E-state index in [1.54, 1.807) is 6.07 Å². The van der Waals surface area contributed by atoms with Crippen LogP contribution in [0.4, 0.5) is 10.1 Å². The molecule has 1 saturated heterocycles. The van der Waals surface area contributed by atoms with E-state index >= 15 is 0 Å². The summed E-state index contributed by atoms with van der Waals surface area (Å²) in [5.74, 6) is -0.160. The molecule has 0 bridgehead atoms. The van der Waals surface area contributed by atoms with Gasteiger partial charge in [0, 0.05) is 19.6 Å². The molecule has 1 unspecified atom stereocenters. The number of rotatable bonds is 5. The van der Waals surface area contributed by atoms with Gasteiger partial charge in [-0.15, -0.1) is 0 Å². The summed E-state index contributed by atoms with van der Waals surface area (Å²) in [7, 11) is 0. The third kappa shape index (κ3) is 4.42. The summed E-state index contributed by atoms with van der Waals surface area (Å²) in [6, 6.07) is 5.29. The molecule has 2 N–H and O–H groups in total. The molecule has 1 aliphatic heterocycles. The fourth-order valence-corrected chi connectivity index (χ4v) is 2.94. The van der Waals surface area contributed by atoms with Crippen LogP contribution in [0.5, 0.6) is 0 Å². The number of benzene rings is 1. The normalized spacial score (nSPS) is 23.1. The molecule has 2 rings (SSSR count). The molecule has 3 nitrogen and oxygen atoms in total. The first-order valence-electron chi connectivity index (χ1n) is 7.99. The molecule has 0 radical (unpaired) electrons. The Labute approximate surface area is 127 Å². The predicted octanol–water partition coefficient (Wildman–Crippen LogP) is 3.07. The topological polar surface area (TPSA) is 35.5 Å². The highest BCUT2D eigenvalue weighted by molar-refractivity contribution is 5.55. The summed E-state index contributed by atoms with van der Waals surface area (Å²) in [6.07, 6.45) is 3.42. The molecule has 4 heteroatoms. The highest BCUT2D eigenvalue weighted by Crippen LogP contribution is 2.29. The summed E-state index contributed by atoms with van der Waals surface area (Å²) in [6.45, 7) is 7.13. The van der Waals surface area contributed by atoms with Crippen molar-refractivity contribution in [2.75, 3.05) is 24.5 Å². The smallest absolute Gasteiger partial charge is 0.146 e. The van der Waals surface area contributed by atoms with Gasteiger partial charge in [0.15, 0.2) is 0 Å². The quantitative estimate of drug-likeness (QED) is 0.819. The van der Waals surface area contributed by atoms with Crippen LogP contribution in [0.15, 0.2) is 18.2 Å². The molecule has 0 amide bonds. The molecule has 21 heavy (non-hydrogen) atoms. The van der Waals surface area contributed by atoms with Crippen molar-refractivity contribution in [2.45, 2.75) is 51.7 Å². The first-order chi connectivity index (χ1) is 10.0. The van der Waals surface area contributed by atoms with E-state index in [0.717, 1.165) is 37.9 Å². The maximum atomic E-state index is 14.3. The molecule has 0 aliphatic carbocycles. The van der Waals surface area contributed by atoms with E-state index in [1.165, 1.54) is 6.07 Å². The van der Waals surface area contributed by atoms with Crippen molar-refractivity contribution >= 4 is 5.69 Å². The van der Waals surface area contributed by atoms with Crippen molar-refractivity contribution in [3.05, 3.63) is 29.6 Å². The van der Waals surface area contributed by atoms with E-state index < -0.39 is 5.60 Å². The molecule has 0 aromatic heterocycles. The van der Waals surface area contributed by atoms with Gasteiger partial charge in [-0.2, -0.15) is 0 Å². The average molecular weight is 294 g/mol. The molecule has 1 aromatic rings. The van der Waals surface area contributed by atoms with E-state index in [0.29, 0.717) is 25.2 Å². The fourth-order valence-electron chi connectivity index (χ4n) is 2.94. The number of nitrogens with one attached hydrogen (secondary N) is 1. The summed E-state index contributed by atoms with van der Waals surface area (Å²) >= 11 is 0. The second-order valence-electron chi connectivity index (χ2n) is 6.26. The molecule has 0 saturated carbocycles. The fraction of sp³-hybridized carbons (Fsp3) is 0.647. The number of nitrogens with zero attached hydrogens (tertiary/aromatic N) is 1. The van der Waals surface area contributed by atoms with E-state index in [2.05, 4.69) is 17.1 Å². The van der Waals surface area contributed by atoms with E-state index in [4.69, 9.17) is 0 Å². The van der Waals surface area contributed by atoms with Crippen molar-refractivity contribution in [1.29, 1.82) is 0 Å². The minimum atomic E-state index is -0.624. The number of hydrogen-bond donors (Lipinski definition) is 2. The summed E-state index contributed by atoms with van der Waals surface area (Å²) < 4.78 is 14.3. The van der Waals surface area contributed by atoms with Crippen LogP contribution in [-0.2, 0) is 6.54 Å². The zero-order chi connectivity index (χ0) is 15.3. The molecule has 1 aromatic carbocycles. The Balaban J connectivity index is 2.17.